The number of nitrogens with zero attached hydrogens (tertiary/aromatic N) is 5. The smallest absolute Gasteiger partial charge is 0.147 e. The van der Waals surface area contributed by atoms with Crippen molar-refractivity contribution < 1.29 is 0 Å². The third-order valence-electron chi connectivity index (χ3n) is 5.35. The lowest BCUT2D eigenvalue weighted by Gasteiger charge is -2.36. The average Bonchev–Trinajstić information content (AvgIpc) is 3.07. The number of anilines is 2. The highest BCUT2D eigenvalue weighted by Gasteiger charge is 2.25. The standard InChI is InChI=1S/C19H20ClN5S/c20-14-5-3-7-21-17(14)24-8-10-25(11-9-24)18-16-13-4-1-2-6-15(13)26-19(16)23-12-22-18/h3,5,7,12H,1-2,4,6,8-11H2. The van der Waals surface area contributed by atoms with E-state index in [9.17, 15) is 0 Å². The predicted molar refractivity (Wildman–Crippen MR) is 108 cm³/mol. The van der Waals surface area contributed by atoms with E-state index in [-0.39, 0.29) is 0 Å². The van der Waals surface area contributed by atoms with Crippen LogP contribution in [0.15, 0.2) is 24.7 Å². The van der Waals surface area contributed by atoms with E-state index >= 15 is 0 Å². The van der Waals surface area contributed by atoms with Gasteiger partial charge in [-0.25, -0.2) is 15.0 Å². The Hall–Kier alpha value is -1.92. The summed E-state index contributed by atoms with van der Waals surface area (Å²) in [6.45, 7) is 3.64. The number of halogens is 1. The van der Waals surface area contributed by atoms with Gasteiger partial charge in [0.1, 0.15) is 22.8 Å². The summed E-state index contributed by atoms with van der Waals surface area (Å²) in [5.41, 5.74) is 1.50. The molecule has 0 saturated carbocycles. The first-order valence-corrected chi connectivity index (χ1v) is 10.4. The SMILES string of the molecule is Clc1cccnc1N1CCN(c2ncnc3sc4c(c23)CCCC4)CC1. The highest BCUT2D eigenvalue weighted by atomic mass is 35.5. The van der Waals surface area contributed by atoms with Gasteiger partial charge in [0.05, 0.1) is 10.4 Å². The predicted octanol–water partition coefficient (Wildman–Crippen LogP) is 3.95. The molecule has 0 unspecified atom stereocenters. The summed E-state index contributed by atoms with van der Waals surface area (Å²) in [4.78, 5) is 21.0. The first kappa shape index (κ1) is 16.3. The number of hydrogen-bond donors (Lipinski definition) is 0. The first-order chi connectivity index (χ1) is 12.8. The van der Waals surface area contributed by atoms with Crippen molar-refractivity contribution in [1.29, 1.82) is 0 Å². The Morgan fingerprint density at radius 1 is 0.923 bits per heavy atom. The lowest BCUT2D eigenvalue weighted by molar-refractivity contribution is 0.642. The van der Waals surface area contributed by atoms with E-state index < -0.39 is 0 Å². The maximum atomic E-state index is 6.32. The molecule has 0 amide bonds. The number of fused-ring (bicyclic) bond motifs is 3. The zero-order valence-electron chi connectivity index (χ0n) is 14.5. The first-order valence-electron chi connectivity index (χ1n) is 9.17. The summed E-state index contributed by atoms with van der Waals surface area (Å²) in [5.74, 6) is 2.00. The van der Waals surface area contributed by atoms with E-state index in [2.05, 4.69) is 24.8 Å². The summed E-state index contributed by atoms with van der Waals surface area (Å²) in [5, 5.41) is 2.02. The molecule has 1 saturated heterocycles. The monoisotopic (exact) mass is 385 g/mol. The highest BCUT2D eigenvalue weighted by molar-refractivity contribution is 7.19. The maximum absolute atomic E-state index is 6.32. The molecule has 0 aromatic carbocycles. The van der Waals surface area contributed by atoms with Crippen molar-refractivity contribution in [3.8, 4) is 0 Å². The highest BCUT2D eigenvalue weighted by Crippen LogP contribution is 2.39. The van der Waals surface area contributed by atoms with Gasteiger partial charge in [-0.15, -0.1) is 11.3 Å². The lowest BCUT2D eigenvalue weighted by Crippen LogP contribution is -2.47. The molecule has 26 heavy (non-hydrogen) atoms. The molecule has 3 aromatic rings. The summed E-state index contributed by atoms with van der Waals surface area (Å²) in [6, 6.07) is 3.78. The Kier molecular flexibility index (Phi) is 4.17. The maximum Gasteiger partial charge on any atom is 0.147 e. The summed E-state index contributed by atoms with van der Waals surface area (Å²) >= 11 is 8.18. The molecule has 3 aromatic heterocycles. The summed E-state index contributed by atoms with van der Waals surface area (Å²) < 4.78 is 0. The largest absolute Gasteiger partial charge is 0.352 e. The van der Waals surface area contributed by atoms with Crippen LogP contribution in [0.1, 0.15) is 23.3 Å². The quantitative estimate of drug-likeness (QED) is 0.668. The molecule has 0 spiro atoms. The minimum atomic E-state index is 0.720. The van der Waals surface area contributed by atoms with Crippen molar-refractivity contribution in [2.24, 2.45) is 0 Å². The second-order valence-electron chi connectivity index (χ2n) is 6.87. The van der Waals surface area contributed by atoms with Gasteiger partial charge in [0.2, 0.25) is 0 Å². The second kappa shape index (κ2) is 6.67. The van der Waals surface area contributed by atoms with E-state index in [1.807, 2.05) is 23.5 Å². The molecule has 0 radical (unpaired) electrons. The van der Waals surface area contributed by atoms with Crippen molar-refractivity contribution in [2.75, 3.05) is 36.0 Å². The van der Waals surface area contributed by atoms with Gasteiger partial charge in [-0.1, -0.05) is 11.6 Å². The Morgan fingerprint density at radius 2 is 1.69 bits per heavy atom. The molecule has 2 aliphatic rings. The summed E-state index contributed by atoms with van der Waals surface area (Å²) in [7, 11) is 0. The minimum Gasteiger partial charge on any atom is -0.352 e. The van der Waals surface area contributed by atoms with E-state index in [1.54, 1.807) is 12.5 Å². The van der Waals surface area contributed by atoms with Crippen LogP contribution in [0.4, 0.5) is 11.6 Å². The van der Waals surface area contributed by atoms with Gasteiger partial charge in [0.25, 0.3) is 0 Å². The second-order valence-corrected chi connectivity index (χ2v) is 8.36. The van der Waals surface area contributed by atoms with Crippen LogP contribution < -0.4 is 9.80 Å². The minimum absolute atomic E-state index is 0.720. The Morgan fingerprint density at radius 3 is 2.50 bits per heavy atom. The topological polar surface area (TPSA) is 45.2 Å². The van der Waals surface area contributed by atoms with Crippen LogP contribution in [0.25, 0.3) is 10.2 Å². The number of aryl methyl sites for hydroxylation is 2. The number of hydrogen-bond acceptors (Lipinski definition) is 6. The van der Waals surface area contributed by atoms with Crippen LogP contribution >= 0.6 is 22.9 Å². The molecule has 5 rings (SSSR count). The number of pyridine rings is 1. The van der Waals surface area contributed by atoms with Crippen LogP contribution in [0.2, 0.25) is 5.02 Å². The number of thiophene rings is 1. The van der Waals surface area contributed by atoms with Crippen LogP contribution in [0.3, 0.4) is 0 Å². The van der Waals surface area contributed by atoms with Gasteiger partial charge < -0.3 is 9.80 Å². The van der Waals surface area contributed by atoms with E-state index in [1.165, 1.54) is 41.5 Å². The molecule has 1 fully saturated rings. The summed E-state index contributed by atoms with van der Waals surface area (Å²) in [6.07, 6.45) is 8.47. The third kappa shape index (κ3) is 2.72. The molecule has 134 valence electrons. The Balaban J connectivity index is 1.43. The molecule has 1 aliphatic carbocycles. The molecule has 0 atom stereocenters. The molecule has 4 heterocycles. The normalized spacial score (nSPS) is 17.6. The van der Waals surface area contributed by atoms with Gasteiger partial charge in [0, 0.05) is 37.3 Å². The van der Waals surface area contributed by atoms with Crippen molar-refractivity contribution in [1.82, 2.24) is 15.0 Å². The van der Waals surface area contributed by atoms with E-state index in [4.69, 9.17) is 11.6 Å². The number of rotatable bonds is 2. The molecule has 0 N–H and O–H groups in total. The Labute approximate surface area is 161 Å². The molecule has 1 aliphatic heterocycles. The lowest BCUT2D eigenvalue weighted by atomic mass is 9.97. The number of piperazine rings is 1. The van der Waals surface area contributed by atoms with Crippen molar-refractivity contribution in [3.63, 3.8) is 0 Å². The molecule has 5 nitrogen and oxygen atoms in total. The molecule has 0 bridgehead atoms. The average molecular weight is 386 g/mol. The molecular formula is C19H20ClN5S. The zero-order chi connectivity index (χ0) is 17.5. The van der Waals surface area contributed by atoms with Gasteiger partial charge in [-0.3, -0.25) is 0 Å². The van der Waals surface area contributed by atoms with Crippen molar-refractivity contribution in [3.05, 3.63) is 40.1 Å². The van der Waals surface area contributed by atoms with Crippen molar-refractivity contribution >= 4 is 44.8 Å². The van der Waals surface area contributed by atoms with Crippen LogP contribution in [-0.4, -0.2) is 41.1 Å². The van der Waals surface area contributed by atoms with Gasteiger partial charge in [-0.2, -0.15) is 0 Å². The van der Waals surface area contributed by atoms with E-state index in [0.29, 0.717) is 0 Å². The van der Waals surface area contributed by atoms with Crippen LogP contribution in [0, 0.1) is 0 Å². The number of aromatic nitrogens is 3. The van der Waals surface area contributed by atoms with Crippen molar-refractivity contribution in [2.45, 2.75) is 25.7 Å². The van der Waals surface area contributed by atoms with Gasteiger partial charge in [0.15, 0.2) is 0 Å². The fraction of sp³-hybridized carbons (Fsp3) is 0.421. The van der Waals surface area contributed by atoms with Gasteiger partial charge in [-0.05, 0) is 43.4 Å². The zero-order valence-corrected chi connectivity index (χ0v) is 16.1. The van der Waals surface area contributed by atoms with Gasteiger partial charge >= 0.3 is 0 Å². The van der Waals surface area contributed by atoms with E-state index in [0.717, 1.165) is 47.7 Å². The van der Waals surface area contributed by atoms with Crippen LogP contribution in [-0.2, 0) is 12.8 Å². The molecule has 7 heteroatoms. The third-order valence-corrected chi connectivity index (χ3v) is 6.84. The molecular weight excluding hydrogens is 366 g/mol. The Bertz CT molecular complexity index is 948. The fourth-order valence-electron chi connectivity index (χ4n) is 4.05. The van der Waals surface area contributed by atoms with Crippen LogP contribution in [0.5, 0.6) is 0 Å². The fourth-order valence-corrected chi connectivity index (χ4v) is 5.52.